The monoisotopic (exact) mass is 849 g/mol. The lowest BCUT2D eigenvalue weighted by molar-refractivity contribution is 0.0914. The van der Waals surface area contributed by atoms with Gasteiger partial charge in [-0.2, -0.15) is 0 Å². The van der Waals surface area contributed by atoms with Crippen LogP contribution in [0.3, 0.4) is 0 Å². The molecule has 0 saturated carbocycles. The molecule has 6 rings (SSSR count). The van der Waals surface area contributed by atoms with Crippen molar-refractivity contribution in [1.29, 1.82) is 0 Å². The Labute approximate surface area is 370 Å². The van der Waals surface area contributed by atoms with Crippen LogP contribution in [0.1, 0.15) is 189 Å². The molecule has 336 valence electrons. The molecule has 2 aliphatic rings. The summed E-state index contributed by atoms with van der Waals surface area (Å²) in [6, 6.07) is 8.04. The first-order chi connectivity index (χ1) is 30.4. The minimum Gasteiger partial charge on any atom is -0.490 e. The Bertz CT molecular complexity index is 2070. The Hall–Kier alpha value is -4.72. The third-order valence-electron chi connectivity index (χ3n) is 12.1. The first kappa shape index (κ1) is 46.8. The standard InChI is InChI=1S/C54H72O8/c1-7-13-19-25-57-43-31-37-39-35-47(61-29-23-17-11-5)54(56)52-42-34-46(60-28-22-16-10-4)44(58-26-20-14-8-2)32-38(42)40-36-48(62-30-24-18-12-6)53(55)51(50(40)49(39)52)41(37)33-45(43)59-27-21-15-9-3/h31-36H,7-30H2,1-6H3. The molecule has 0 atom stereocenters. The Morgan fingerprint density at radius 3 is 0.871 bits per heavy atom. The van der Waals surface area contributed by atoms with Crippen molar-refractivity contribution in [3.05, 3.63) is 58.0 Å². The van der Waals surface area contributed by atoms with Crippen LogP contribution in [0.5, 0.6) is 23.0 Å². The van der Waals surface area contributed by atoms with E-state index in [1.54, 1.807) is 0 Å². The van der Waals surface area contributed by atoms with Gasteiger partial charge in [-0.15, -0.1) is 0 Å². The fraction of sp³-hybridized carbons (Fsp3) is 0.556. The third kappa shape index (κ3) is 10.7. The number of hydrogen-bond acceptors (Lipinski definition) is 8. The summed E-state index contributed by atoms with van der Waals surface area (Å²) in [6.07, 6.45) is 21.8. The van der Waals surface area contributed by atoms with Gasteiger partial charge in [0.15, 0.2) is 34.5 Å². The topological polar surface area (TPSA) is 89.5 Å². The second-order valence-electron chi connectivity index (χ2n) is 17.0. The highest BCUT2D eigenvalue weighted by Gasteiger charge is 2.36. The minimum absolute atomic E-state index is 0.200. The van der Waals surface area contributed by atoms with Crippen molar-refractivity contribution in [2.45, 2.75) is 157 Å². The van der Waals surface area contributed by atoms with E-state index >= 15 is 9.59 Å². The van der Waals surface area contributed by atoms with Gasteiger partial charge in [-0.3, -0.25) is 9.59 Å². The van der Waals surface area contributed by atoms with Crippen molar-refractivity contribution in [1.82, 2.24) is 0 Å². The summed E-state index contributed by atoms with van der Waals surface area (Å²) in [5.41, 5.74) is 2.69. The van der Waals surface area contributed by atoms with Gasteiger partial charge in [0.25, 0.3) is 0 Å². The second-order valence-corrected chi connectivity index (χ2v) is 17.0. The molecule has 8 nitrogen and oxygen atoms in total. The van der Waals surface area contributed by atoms with Crippen molar-refractivity contribution in [2.24, 2.45) is 0 Å². The number of fused-ring (bicyclic) bond motifs is 6. The number of carbonyl (C=O) groups excluding carboxylic acids is 2. The molecule has 0 amide bonds. The van der Waals surface area contributed by atoms with Crippen molar-refractivity contribution in [3.8, 4) is 23.0 Å². The lowest BCUT2D eigenvalue weighted by Gasteiger charge is -2.28. The lowest BCUT2D eigenvalue weighted by Crippen LogP contribution is -2.19. The van der Waals surface area contributed by atoms with Gasteiger partial charge >= 0.3 is 0 Å². The maximum Gasteiger partial charge on any atom is 0.228 e. The number of allylic oxidation sites excluding steroid dienone is 2. The number of rotatable bonds is 30. The zero-order valence-electron chi connectivity index (χ0n) is 38.7. The fourth-order valence-electron chi connectivity index (χ4n) is 8.59. The highest BCUT2D eigenvalue weighted by Crippen LogP contribution is 2.51. The summed E-state index contributed by atoms with van der Waals surface area (Å²) in [7, 11) is 0. The molecule has 0 radical (unpaired) electrons. The molecule has 8 heteroatoms. The maximum atomic E-state index is 15.1. The molecule has 0 N–H and O–H groups in total. The van der Waals surface area contributed by atoms with Gasteiger partial charge in [-0.1, -0.05) is 119 Å². The number of unbranched alkanes of at least 4 members (excludes halogenated alkanes) is 12. The number of benzene rings is 4. The molecule has 0 saturated heterocycles. The van der Waals surface area contributed by atoms with Gasteiger partial charge in [0.1, 0.15) is 0 Å². The molecule has 0 bridgehead atoms. The molecule has 2 aliphatic carbocycles. The van der Waals surface area contributed by atoms with E-state index in [4.69, 9.17) is 28.4 Å². The van der Waals surface area contributed by atoms with Crippen molar-refractivity contribution in [2.75, 3.05) is 39.6 Å². The van der Waals surface area contributed by atoms with Gasteiger partial charge in [0, 0.05) is 21.9 Å². The van der Waals surface area contributed by atoms with E-state index in [2.05, 4.69) is 41.5 Å². The van der Waals surface area contributed by atoms with Crippen LogP contribution in [-0.4, -0.2) is 51.2 Å². The Morgan fingerprint density at radius 1 is 0.339 bits per heavy atom. The SMILES string of the molecule is CCCCCOC1=Cc2c3cc(OCCCCC)c(OCCCCC)cc3c3c4c(c5cc(OCCCCC)c(OCCCCC)cc5c(c24)C1=O)C=C(OCCCCC)C3=O. The van der Waals surface area contributed by atoms with Crippen LogP contribution in [-0.2, 0) is 9.47 Å². The van der Waals surface area contributed by atoms with Gasteiger partial charge in [0.05, 0.1) is 39.6 Å². The van der Waals surface area contributed by atoms with Crippen LogP contribution >= 0.6 is 0 Å². The fourth-order valence-corrected chi connectivity index (χ4v) is 8.59. The summed E-state index contributed by atoms with van der Waals surface area (Å²) in [4.78, 5) is 30.2. The Kier molecular flexibility index (Phi) is 17.8. The van der Waals surface area contributed by atoms with Gasteiger partial charge in [0.2, 0.25) is 11.6 Å². The van der Waals surface area contributed by atoms with E-state index in [1.807, 2.05) is 36.4 Å². The molecule has 0 aliphatic heterocycles. The molecule has 0 heterocycles. The highest BCUT2D eigenvalue weighted by atomic mass is 16.5. The molecule has 0 unspecified atom stereocenters. The van der Waals surface area contributed by atoms with Crippen LogP contribution < -0.4 is 18.9 Å². The second kappa shape index (κ2) is 23.6. The van der Waals surface area contributed by atoms with Crippen LogP contribution in [0.25, 0.3) is 44.5 Å². The number of ether oxygens (including phenoxy) is 6. The van der Waals surface area contributed by atoms with Crippen molar-refractivity contribution >= 4 is 56.0 Å². The lowest BCUT2D eigenvalue weighted by atomic mass is 9.77. The van der Waals surface area contributed by atoms with E-state index in [1.165, 1.54) is 0 Å². The third-order valence-corrected chi connectivity index (χ3v) is 12.1. The van der Waals surface area contributed by atoms with Gasteiger partial charge in [-0.05, 0) is 108 Å². The van der Waals surface area contributed by atoms with E-state index in [-0.39, 0.29) is 11.6 Å². The first-order valence-electron chi connectivity index (χ1n) is 24.3. The predicted octanol–water partition coefficient (Wildman–Crippen LogP) is 14.9. The first-order valence-corrected chi connectivity index (χ1v) is 24.3. The molecular weight excluding hydrogens is 777 g/mol. The highest BCUT2D eigenvalue weighted by molar-refractivity contribution is 6.39. The molecule has 0 fully saturated rings. The summed E-state index contributed by atoms with van der Waals surface area (Å²) in [6.45, 7) is 16.1. The van der Waals surface area contributed by atoms with E-state index in [0.29, 0.717) is 85.3 Å². The molecule has 4 aromatic carbocycles. The number of hydrogen-bond donors (Lipinski definition) is 0. The van der Waals surface area contributed by atoms with E-state index in [9.17, 15) is 0 Å². The van der Waals surface area contributed by atoms with E-state index in [0.717, 1.165) is 159 Å². The predicted molar refractivity (Wildman–Crippen MR) is 255 cm³/mol. The minimum atomic E-state index is -0.200. The quantitative estimate of drug-likeness (QED) is 0.0379. The van der Waals surface area contributed by atoms with Gasteiger partial charge in [-0.25, -0.2) is 0 Å². The molecule has 0 aromatic heterocycles. The van der Waals surface area contributed by atoms with Gasteiger partial charge < -0.3 is 28.4 Å². The zero-order chi connectivity index (χ0) is 43.8. The average Bonchev–Trinajstić information content (AvgIpc) is 3.28. The summed E-state index contributed by atoms with van der Waals surface area (Å²) < 4.78 is 39.0. The molecule has 4 aromatic rings. The summed E-state index contributed by atoms with van der Waals surface area (Å²) in [5, 5.41) is 4.55. The smallest absolute Gasteiger partial charge is 0.228 e. The average molecular weight is 849 g/mol. The summed E-state index contributed by atoms with van der Waals surface area (Å²) >= 11 is 0. The molecule has 62 heavy (non-hydrogen) atoms. The summed E-state index contributed by atoms with van der Waals surface area (Å²) in [5.74, 6) is 2.69. The Balaban J connectivity index is 1.70. The van der Waals surface area contributed by atoms with E-state index < -0.39 is 0 Å². The van der Waals surface area contributed by atoms with Crippen LogP contribution in [0.2, 0.25) is 0 Å². The largest absolute Gasteiger partial charge is 0.490 e. The van der Waals surface area contributed by atoms with Crippen molar-refractivity contribution in [3.63, 3.8) is 0 Å². The Morgan fingerprint density at radius 2 is 0.597 bits per heavy atom. The molecule has 0 spiro atoms. The van der Waals surface area contributed by atoms with Crippen molar-refractivity contribution < 1.29 is 38.0 Å². The number of Topliss-reactive ketones (excluding diaryl/α,β-unsaturated/α-hetero) is 2. The normalized spacial score (nSPS) is 13.2. The molecular formula is C54H72O8. The number of ketones is 2. The zero-order valence-corrected chi connectivity index (χ0v) is 38.7. The van der Waals surface area contributed by atoms with Crippen LogP contribution in [0.15, 0.2) is 35.8 Å². The van der Waals surface area contributed by atoms with Crippen LogP contribution in [0, 0.1) is 0 Å². The van der Waals surface area contributed by atoms with Crippen LogP contribution in [0.4, 0.5) is 0 Å². The number of carbonyl (C=O) groups is 2. The maximum absolute atomic E-state index is 15.1.